The number of carbonyl (C=O) groups excluding carboxylic acids is 1. The summed E-state index contributed by atoms with van der Waals surface area (Å²) in [6, 6.07) is 7.67. The van der Waals surface area contributed by atoms with Crippen molar-refractivity contribution in [3.8, 4) is 17.7 Å². The number of oxazole rings is 1. The van der Waals surface area contributed by atoms with E-state index in [9.17, 15) is 10.1 Å². The van der Waals surface area contributed by atoms with E-state index in [0.717, 1.165) is 4.88 Å². The fourth-order valence-corrected chi connectivity index (χ4v) is 4.52. The molecule has 4 heterocycles. The number of thiophene rings is 1. The molecule has 1 saturated heterocycles. The quantitative estimate of drug-likeness (QED) is 0.670. The summed E-state index contributed by atoms with van der Waals surface area (Å²) in [5.74, 6) is 1.91. The van der Waals surface area contributed by atoms with E-state index < -0.39 is 0 Å². The van der Waals surface area contributed by atoms with Crippen molar-refractivity contribution in [1.29, 1.82) is 5.26 Å². The molecule has 0 aromatic carbocycles. The van der Waals surface area contributed by atoms with Crippen molar-refractivity contribution in [1.82, 2.24) is 9.88 Å². The molecule has 0 bridgehead atoms. The fourth-order valence-electron chi connectivity index (χ4n) is 3.57. The molecule has 0 radical (unpaired) electrons. The van der Waals surface area contributed by atoms with Crippen molar-refractivity contribution in [2.24, 2.45) is 0 Å². The maximum atomic E-state index is 13.0. The number of carbonyl (C=O) groups is 1. The molecule has 1 aliphatic carbocycles. The van der Waals surface area contributed by atoms with Crippen LogP contribution in [-0.2, 0) is 0 Å². The molecule has 28 heavy (non-hydrogen) atoms. The number of hydrogen-bond acceptors (Lipinski definition) is 7. The second-order valence-electron chi connectivity index (χ2n) is 7.02. The number of nitriles is 1. The molecule has 1 saturated carbocycles. The van der Waals surface area contributed by atoms with Crippen LogP contribution in [-0.4, -0.2) is 42.0 Å². The van der Waals surface area contributed by atoms with E-state index >= 15 is 0 Å². The topological polar surface area (TPSA) is 86.5 Å². The Morgan fingerprint density at radius 2 is 2.07 bits per heavy atom. The molecule has 2 fully saturated rings. The van der Waals surface area contributed by atoms with E-state index in [0.29, 0.717) is 49.6 Å². The number of amides is 1. The highest BCUT2D eigenvalue weighted by atomic mass is 32.1. The number of anilines is 1. The maximum Gasteiger partial charge on any atom is 0.266 e. The Kier molecular flexibility index (Phi) is 4.17. The first-order valence-corrected chi connectivity index (χ1v) is 10.2. The smallest absolute Gasteiger partial charge is 0.266 e. The van der Waals surface area contributed by atoms with E-state index in [1.807, 2.05) is 15.2 Å². The predicted octanol–water partition coefficient (Wildman–Crippen LogP) is 3.71. The molecule has 1 amide bonds. The van der Waals surface area contributed by atoms with Gasteiger partial charge in [0.15, 0.2) is 5.76 Å². The van der Waals surface area contributed by atoms with Crippen LogP contribution in [0.15, 0.2) is 38.7 Å². The Balaban J connectivity index is 1.30. The summed E-state index contributed by atoms with van der Waals surface area (Å²) in [6.45, 7) is 2.36. The van der Waals surface area contributed by atoms with Gasteiger partial charge in [0.1, 0.15) is 6.07 Å². The van der Waals surface area contributed by atoms with Gasteiger partial charge in [0.25, 0.3) is 11.8 Å². The summed E-state index contributed by atoms with van der Waals surface area (Å²) in [6.07, 6.45) is 3.91. The van der Waals surface area contributed by atoms with E-state index in [1.54, 1.807) is 12.1 Å². The van der Waals surface area contributed by atoms with Crippen molar-refractivity contribution in [2.75, 3.05) is 31.1 Å². The highest BCUT2D eigenvalue weighted by Crippen LogP contribution is 2.43. The van der Waals surface area contributed by atoms with Gasteiger partial charge in [0, 0.05) is 26.2 Å². The van der Waals surface area contributed by atoms with Gasteiger partial charge in [-0.15, -0.1) is 11.3 Å². The number of piperazine rings is 1. The van der Waals surface area contributed by atoms with Gasteiger partial charge in [0.05, 0.1) is 11.1 Å². The lowest BCUT2D eigenvalue weighted by Crippen LogP contribution is -2.48. The Morgan fingerprint density at radius 3 is 2.75 bits per heavy atom. The number of rotatable bonds is 4. The number of nitrogens with zero attached hydrogens (tertiary/aromatic N) is 4. The normalized spacial score (nSPS) is 17.0. The third-order valence-corrected chi connectivity index (χ3v) is 6.13. The highest BCUT2D eigenvalue weighted by molar-refractivity contribution is 7.12. The monoisotopic (exact) mass is 394 g/mol. The molecule has 1 aliphatic heterocycles. The average molecular weight is 394 g/mol. The predicted molar refractivity (Wildman–Crippen MR) is 103 cm³/mol. The minimum Gasteiger partial charge on any atom is -0.459 e. The molecule has 0 spiro atoms. The van der Waals surface area contributed by atoms with Crippen LogP contribution in [0.4, 0.5) is 5.88 Å². The Hall–Kier alpha value is -3.05. The second kappa shape index (κ2) is 6.84. The van der Waals surface area contributed by atoms with Gasteiger partial charge >= 0.3 is 0 Å². The summed E-state index contributed by atoms with van der Waals surface area (Å²) < 4.78 is 11.1. The Bertz CT molecular complexity index is 1030. The molecule has 0 unspecified atom stereocenters. The van der Waals surface area contributed by atoms with E-state index in [-0.39, 0.29) is 11.6 Å². The zero-order chi connectivity index (χ0) is 19.1. The van der Waals surface area contributed by atoms with Crippen molar-refractivity contribution < 1.29 is 13.6 Å². The molecule has 2 aliphatic rings. The maximum absolute atomic E-state index is 13.0. The number of aromatic nitrogens is 1. The first-order chi connectivity index (χ1) is 13.7. The summed E-state index contributed by atoms with van der Waals surface area (Å²) in [5, 5.41) is 11.4. The first-order valence-electron chi connectivity index (χ1n) is 9.31. The molecule has 0 N–H and O–H groups in total. The van der Waals surface area contributed by atoms with Crippen molar-refractivity contribution in [2.45, 2.75) is 18.8 Å². The lowest BCUT2D eigenvalue weighted by atomic mass is 10.1. The minimum absolute atomic E-state index is 0.117. The highest BCUT2D eigenvalue weighted by Gasteiger charge is 2.32. The molecule has 7 nitrogen and oxygen atoms in total. The van der Waals surface area contributed by atoms with Crippen LogP contribution in [0.3, 0.4) is 0 Å². The van der Waals surface area contributed by atoms with Crippen LogP contribution in [0, 0.1) is 11.3 Å². The largest absolute Gasteiger partial charge is 0.459 e. The van der Waals surface area contributed by atoms with Gasteiger partial charge in [-0.2, -0.15) is 10.2 Å². The lowest BCUT2D eigenvalue weighted by molar-refractivity contribution is 0.0749. The lowest BCUT2D eigenvalue weighted by Gasteiger charge is -2.34. The standard InChI is InChI=1S/C20H18N4O3S/c21-12-15-20(27-18(22-15)16-2-1-10-26-16)24-8-6-23(7-9-24)19(25)17-14(5-11-28-17)13-3-4-13/h1-2,5,10-11,13H,3-4,6-9H2. The molecule has 142 valence electrons. The molecular weight excluding hydrogens is 376 g/mol. The number of furan rings is 1. The van der Waals surface area contributed by atoms with E-state index in [2.05, 4.69) is 17.1 Å². The molecule has 8 heteroatoms. The van der Waals surface area contributed by atoms with Crippen molar-refractivity contribution in [3.05, 3.63) is 46.0 Å². The van der Waals surface area contributed by atoms with Gasteiger partial charge in [-0.3, -0.25) is 4.79 Å². The Morgan fingerprint density at radius 1 is 1.25 bits per heavy atom. The van der Waals surface area contributed by atoms with Crippen LogP contribution in [0.2, 0.25) is 0 Å². The SMILES string of the molecule is N#Cc1nc(-c2ccco2)oc1N1CCN(C(=O)c2sccc2C2CC2)CC1. The number of hydrogen-bond donors (Lipinski definition) is 0. The van der Waals surface area contributed by atoms with Gasteiger partial charge in [0.2, 0.25) is 11.6 Å². The molecule has 0 atom stereocenters. The van der Waals surface area contributed by atoms with Gasteiger partial charge in [-0.25, -0.2) is 0 Å². The fraction of sp³-hybridized carbons (Fsp3) is 0.350. The zero-order valence-corrected chi connectivity index (χ0v) is 15.9. The third-order valence-electron chi connectivity index (χ3n) is 5.21. The van der Waals surface area contributed by atoms with Crippen LogP contribution < -0.4 is 4.90 Å². The first kappa shape index (κ1) is 17.1. The third kappa shape index (κ3) is 2.98. The van der Waals surface area contributed by atoms with Gasteiger partial charge in [-0.05, 0) is 47.9 Å². The Labute approximate surface area is 165 Å². The summed E-state index contributed by atoms with van der Waals surface area (Å²) in [4.78, 5) is 21.9. The second-order valence-corrected chi connectivity index (χ2v) is 7.94. The van der Waals surface area contributed by atoms with Gasteiger partial charge in [-0.1, -0.05) is 0 Å². The average Bonchev–Trinajstić information content (AvgIpc) is 3.17. The van der Waals surface area contributed by atoms with E-state index in [1.165, 1.54) is 36.0 Å². The molecule has 3 aromatic rings. The molecule has 3 aromatic heterocycles. The zero-order valence-electron chi connectivity index (χ0n) is 15.1. The molecule has 5 rings (SSSR count). The van der Waals surface area contributed by atoms with Crippen LogP contribution in [0.5, 0.6) is 0 Å². The summed E-state index contributed by atoms with van der Waals surface area (Å²) in [7, 11) is 0. The van der Waals surface area contributed by atoms with Gasteiger partial charge < -0.3 is 18.6 Å². The summed E-state index contributed by atoms with van der Waals surface area (Å²) in [5.41, 5.74) is 1.45. The van der Waals surface area contributed by atoms with Crippen molar-refractivity contribution in [3.63, 3.8) is 0 Å². The van der Waals surface area contributed by atoms with Crippen LogP contribution >= 0.6 is 11.3 Å². The van der Waals surface area contributed by atoms with Crippen LogP contribution in [0.25, 0.3) is 11.7 Å². The van der Waals surface area contributed by atoms with Crippen LogP contribution in [0.1, 0.15) is 39.7 Å². The molecular formula is C20H18N4O3S. The van der Waals surface area contributed by atoms with E-state index in [4.69, 9.17) is 8.83 Å². The van der Waals surface area contributed by atoms with Crippen molar-refractivity contribution >= 4 is 23.1 Å². The minimum atomic E-state index is 0.117. The summed E-state index contributed by atoms with van der Waals surface area (Å²) >= 11 is 1.54.